The first-order chi connectivity index (χ1) is 17.0. The normalized spacial score (nSPS) is 10.9. The second-order valence-electron chi connectivity index (χ2n) is 7.44. The average molecular weight is 523 g/mol. The number of pyridine rings is 1. The van der Waals surface area contributed by atoms with E-state index < -0.39 is 5.91 Å². The van der Waals surface area contributed by atoms with E-state index in [1.807, 2.05) is 30.3 Å². The molecule has 0 aliphatic carbocycles. The lowest BCUT2D eigenvalue weighted by Gasteiger charge is -2.09. The van der Waals surface area contributed by atoms with Gasteiger partial charge in [0.15, 0.2) is 22.1 Å². The fourth-order valence-electron chi connectivity index (χ4n) is 3.35. The summed E-state index contributed by atoms with van der Waals surface area (Å²) in [6.45, 7) is 0.413. The van der Waals surface area contributed by atoms with Gasteiger partial charge in [-0.15, -0.1) is 0 Å². The Bertz CT molecular complexity index is 1510. The molecular weight excluding hydrogens is 507 g/mol. The van der Waals surface area contributed by atoms with Crippen molar-refractivity contribution >= 4 is 57.7 Å². The number of nitrogens with one attached hydrogen (secondary N) is 2. The number of benzene rings is 2. The summed E-state index contributed by atoms with van der Waals surface area (Å²) in [6, 6.07) is 19.6. The number of amides is 1. The highest BCUT2D eigenvalue weighted by Crippen LogP contribution is 2.34. The molecule has 35 heavy (non-hydrogen) atoms. The summed E-state index contributed by atoms with van der Waals surface area (Å²) < 4.78 is 11.4. The van der Waals surface area contributed by atoms with Crippen LogP contribution in [0.1, 0.15) is 16.1 Å². The number of furan rings is 1. The standard InChI is InChI=1S/C25H16Cl2N4O3S/c26-17-4-1-3-16(21(17)27)18-10-11-20(33-18)23(32)31-25(35)29-13-14-6-8-15(9-7-14)24-30-22-19(34-24)5-2-12-28-22/h1-12H,13H2,(H2,29,31,32,35). The van der Waals surface area contributed by atoms with Crippen molar-refractivity contribution in [1.29, 1.82) is 0 Å². The number of carbonyl (C=O) groups excluding carboxylic acids is 1. The summed E-state index contributed by atoms with van der Waals surface area (Å²) in [5, 5.41) is 6.53. The van der Waals surface area contributed by atoms with Gasteiger partial charge in [-0.1, -0.05) is 41.4 Å². The first kappa shape index (κ1) is 23.0. The summed E-state index contributed by atoms with van der Waals surface area (Å²) >= 11 is 17.5. The fraction of sp³-hybridized carbons (Fsp3) is 0.0400. The molecule has 0 unspecified atom stereocenters. The van der Waals surface area contributed by atoms with Crippen molar-refractivity contribution in [2.75, 3.05) is 0 Å². The van der Waals surface area contributed by atoms with Crippen molar-refractivity contribution in [1.82, 2.24) is 20.6 Å². The summed E-state index contributed by atoms with van der Waals surface area (Å²) in [5.41, 5.74) is 3.57. The van der Waals surface area contributed by atoms with Crippen LogP contribution in [-0.4, -0.2) is 21.0 Å². The summed E-state index contributed by atoms with van der Waals surface area (Å²) in [7, 11) is 0. The third-order valence-electron chi connectivity index (χ3n) is 5.09. The van der Waals surface area contributed by atoms with E-state index in [0.29, 0.717) is 45.0 Å². The van der Waals surface area contributed by atoms with Crippen LogP contribution in [0, 0.1) is 0 Å². The average Bonchev–Trinajstić information content (AvgIpc) is 3.52. The number of rotatable bonds is 5. The molecule has 2 aromatic carbocycles. The molecule has 2 N–H and O–H groups in total. The second kappa shape index (κ2) is 9.87. The van der Waals surface area contributed by atoms with Crippen LogP contribution in [0.3, 0.4) is 0 Å². The number of nitrogens with zero attached hydrogens (tertiary/aromatic N) is 2. The van der Waals surface area contributed by atoms with E-state index in [1.165, 1.54) is 0 Å². The molecule has 0 saturated heterocycles. The number of hydrogen-bond acceptors (Lipinski definition) is 6. The Balaban J connectivity index is 1.17. The number of aromatic nitrogens is 2. The first-order valence-corrected chi connectivity index (χ1v) is 11.6. The molecule has 0 spiro atoms. The van der Waals surface area contributed by atoms with Crippen LogP contribution in [0.5, 0.6) is 0 Å². The Hall–Kier alpha value is -3.72. The Morgan fingerprint density at radius 3 is 2.60 bits per heavy atom. The zero-order chi connectivity index (χ0) is 24.4. The number of carbonyl (C=O) groups is 1. The first-order valence-electron chi connectivity index (χ1n) is 10.4. The van der Waals surface area contributed by atoms with Crippen molar-refractivity contribution in [3.05, 3.63) is 94.3 Å². The molecular formula is C25H16Cl2N4O3S. The van der Waals surface area contributed by atoms with E-state index >= 15 is 0 Å². The lowest BCUT2D eigenvalue weighted by molar-refractivity contribution is 0.0950. The molecule has 3 aromatic heterocycles. The third-order valence-corrected chi connectivity index (χ3v) is 6.16. The highest BCUT2D eigenvalue weighted by molar-refractivity contribution is 7.80. The quantitative estimate of drug-likeness (QED) is 0.263. The van der Waals surface area contributed by atoms with Crippen molar-refractivity contribution < 1.29 is 13.6 Å². The summed E-state index contributed by atoms with van der Waals surface area (Å²) in [5.74, 6) is 0.540. The van der Waals surface area contributed by atoms with Gasteiger partial charge in [0, 0.05) is 23.9 Å². The van der Waals surface area contributed by atoms with Gasteiger partial charge >= 0.3 is 0 Å². The SMILES string of the molecule is O=C(NC(=S)NCc1ccc(-c2nc3ncccc3o2)cc1)c1ccc(-c2cccc(Cl)c2Cl)o1. The van der Waals surface area contributed by atoms with Crippen LogP contribution < -0.4 is 10.6 Å². The van der Waals surface area contributed by atoms with Crippen LogP contribution in [-0.2, 0) is 6.54 Å². The van der Waals surface area contributed by atoms with Gasteiger partial charge in [0.2, 0.25) is 5.89 Å². The smallest absolute Gasteiger partial charge is 0.293 e. The maximum Gasteiger partial charge on any atom is 0.293 e. The van der Waals surface area contributed by atoms with Gasteiger partial charge in [-0.3, -0.25) is 10.1 Å². The van der Waals surface area contributed by atoms with Crippen LogP contribution in [0.15, 0.2) is 81.8 Å². The molecule has 0 saturated carbocycles. The van der Waals surface area contributed by atoms with E-state index in [-0.39, 0.29) is 10.9 Å². The zero-order valence-corrected chi connectivity index (χ0v) is 20.2. The molecule has 1 amide bonds. The van der Waals surface area contributed by atoms with Gasteiger partial charge in [0.25, 0.3) is 5.91 Å². The molecule has 0 fully saturated rings. The minimum absolute atomic E-state index is 0.0948. The molecule has 0 atom stereocenters. The largest absolute Gasteiger partial charge is 0.451 e. The maximum absolute atomic E-state index is 12.5. The fourth-order valence-corrected chi connectivity index (χ4v) is 3.91. The van der Waals surface area contributed by atoms with E-state index in [1.54, 1.807) is 42.6 Å². The predicted molar refractivity (Wildman–Crippen MR) is 138 cm³/mol. The Kier molecular flexibility index (Phi) is 6.50. The lowest BCUT2D eigenvalue weighted by atomic mass is 10.1. The maximum atomic E-state index is 12.5. The molecule has 0 aliphatic rings. The van der Waals surface area contributed by atoms with Crippen LogP contribution in [0.25, 0.3) is 34.0 Å². The molecule has 7 nitrogen and oxygen atoms in total. The number of halogens is 2. The van der Waals surface area contributed by atoms with Gasteiger partial charge in [-0.05, 0) is 66.3 Å². The van der Waals surface area contributed by atoms with Crippen molar-refractivity contribution in [2.24, 2.45) is 0 Å². The number of thiocarbonyl (C=S) groups is 1. The Labute approximate surface area is 215 Å². The van der Waals surface area contributed by atoms with Crippen molar-refractivity contribution in [3.8, 4) is 22.8 Å². The molecule has 0 aliphatic heterocycles. The van der Waals surface area contributed by atoms with E-state index in [0.717, 1.165) is 11.1 Å². The van der Waals surface area contributed by atoms with E-state index in [9.17, 15) is 4.79 Å². The monoisotopic (exact) mass is 522 g/mol. The summed E-state index contributed by atoms with van der Waals surface area (Å²) in [6.07, 6.45) is 1.67. The van der Waals surface area contributed by atoms with Gasteiger partial charge in [-0.2, -0.15) is 4.98 Å². The molecule has 0 bridgehead atoms. The topological polar surface area (TPSA) is 93.2 Å². The summed E-state index contributed by atoms with van der Waals surface area (Å²) in [4.78, 5) is 21.1. The van der Waals surface area contributed by atoms with Crippen LogP contribution >= 0.6 is 35.4 Å². The van der Waals surface area contributed by atoms with Crippen LogP contribution in [0.2, 0.25) is 10.0 Å². The van der Waals surface area contributed by atoms with E-state index in [2.05, 4.69) is 20.6 Å². The Morgan fingerprint density at radius 1 is 0.971 bits per heavy atom. The minimum Gasteiger partial charge on any atom is -0.451 e. The van der Waals surface area contributed by atoms with E-state index in [4.69, 9.17) is 44.3 Å². The highest BCUT2D eigenvalue weighted by atomic mass is 35.5. The molecule has 5 rings (SSSR count). The number of fused-ring (bicyclic) bond motifs is 1. The molecule has 5 aromatic rings. The number of hydrogen-bond donors (Lipinski definition) is 2. The highest BCUT2D eigenvalue weighted by Gasteiger charge is 2.16. The number of oxazole rings is 1. The minimum atomic E-state index is -0.480. The predicted octanol–water partition coefficient (Wildman–Crippen LogP) is 6.26. The molecule has 174 valence electrons. The van der Waals surface area contributed by atoms with Crippen molar-refractivity contribution in [3.63, 3.8) is 0 Å². The second-order valence-corrected chi connectivity index (χ2v) is 8.64. The zero-order valence-electron chi connectivity index (χ0n) is 17.9. The third kappa shape index (κ3) is 5.05. The van der Waals surface area contributed by atoms with Gasteiger partial charge < -0.3 is 14.2 Å². The molecule has 10 heteroatoms. The lowest BCUT2D eigenvalue weighted by Crippen LogP contribution is -2.38. The van der Waals surface area contributed by atoms with Gasteiger partial charge in [-0.25, -0.2) is 4.98 Å². The Morgan fingerprint density at radius 2 is 1.80 bits per heavy atom. The molecule has 0 radical (unpaired) electrons. The molecule has 3 heterocycles. The van der Waals surface area contributed by atoms with Crippen LogP contribution in [0.4, 0.5) is 0 Å². The van der Waals surface area contributed by atoms with Gasteiger partial charge in [0.1, 0.15) is 5.76 Å². The van der Waals surface area contributed by atoms with Gasteiger partial charge in [0.05, 0.1) is 10.0 Å². The van der Waals surface area contributed by atoms with Crippen molar-refractivity contribution in [2.45, 2.75) is 6.54 Å².